The summed E-state index contributed by atoms with van der Waals surface area (Å²) in [5.41, 5.74) is 2.46. The van der Waals surface area contributed by atoms with Crippen molar-refractivity contribution in [1.82, 2.24) is 24.8 Å². The number of amides is 1. The van der Waals surface area contributed by atoms with Crippen molar-refractivity contribution in [2.24, 2.45) is 5.92 Å². The number of aromatic amines is 1. The Hall–Kier alpha value is -3.48. The Morgan fingerprint density at radius 1 is 1.13 bits per heavy atom. The first-order valence-corrected chi connectivity index (χ1v) is 10.7. The first-order chi connectivity index (χ1) is 15.1. The third kappa shape index (κ3) is 4.50. The van der Waals surface area contributed by atoms with Crippen LogP contribution in [0.5, 0.6) is 0 Å². The minimum Gasteiger partial charge on any atom is -0.346 e. The van der Waals surface area contributed by atoms with Crippen LogP contribution in [0.3, 0.4) is 0 Å². The van der Waals surface area contributed by atoms with Crippen LogP contribution in [0.4, 0.5) is 0 Å². The van der Waals surface area contributed by atoms with E-state index in [1.807, 2.05) is 42.5 Å². The summed E-state index contributed by atoms with van der Waals surface area (Å²) < 4.78 is 1.57. The highest BCUT2D eigenvalue weighted by molar-refractivity contribution is 5.78. The van der Waals surface area contributed by atoms with Gasteiger partial charge in [-0.1, -0.05) is 44.5 Å². The third-order valence-electron chi connectivity index (χ3n) is 5.77. The van der Waals surface area contributed by atoms with Gasteiger partial charge in [-0.15, -0.1) is 0 Å². The second kappa shape index (κ2) is 9.12. The number of rotatable bonds is 8. The molecule has 0 saturated heterocycles. The average molecular weight is 418 g/mol. The predicted octanol–water partition coefficient (Wildman–Crippen LogP) is 3.96. The van der Waals surface area contributed by atoms with E-state index < -0.39 is 0 Å². The molecule has 160 valence electrons. The van der Waals surface area contributed by atoms with E-state index in [1.54, 1.807) is 17.0 Å². The molecule has 7 heteroatoms. The Bertz CT molecular complexity index is 1230. The molecule has 0 aliphatic heterocycles. The molecule has 2 heterocycles. The molecule has 0 fully saturated rings. The summed E-state index contributed by atoms with van der Waals surface area (Å²) in [6.45, 7) is 4.66. The van der Waals surface area contributed by atoms with Crippen molar-refractivity contribution in [2.75, 3.05) is 0 Å². The van der Waals surface area contributed by atoms with Gasteiger partial charge in [0.15, 0.2) is 0 Å². The molecule has 4 aromatic rings. The molecule has 1 amide bonds. The fourth-order valence-electron chi connectivity index (χ4n) is 3.76. The van der Waals surface area contributed by atoms with Crippen molar-refractivity contribution < 1.29 is 4.79 Å². The molecule has 0 aliphatic rings. The van der Waals surface area contributed by atoms with E-state index in [1.165, 1.54) is 0 Å². The highest BCUT2D eigenvalue weighted by Crippen LogP contribution is 2.24. The van der Waals surface area contributed by atoms with Crippen LogP contribution >= 0.6 is 0 Å². The third-order valence-corrected chi connectivity index (χ3v) is 5.77. The number of aromatic nitrogens is 4. The van der Waals surface area contributed by atoms with Crippen molar-refractivity contribution in [3.05, 3.63) is 71.0 Å². The fraction of sp³-hybridized carbons (Fsp3) is 0.333. The van der Waals surface area contributed by atoms with Crippen LogP contribution in [0.1, 0.15) is 45.0 Å². The fourth-order valence-corrected chi connectivity index (χ4v) is 3.76. The van der Waals surface area contributed by atoms with E-state index in [2.05, 4.69) is 34.1 Å². The standard InChI is InChI=1S/C24H27N5O2/c1-3-16(2)22(23-26-19-11-6-7-12-20(19)27-23)28-21(30)13-8-14-29-15-25-18-10-5-4-9-17(18)24(29)31/h4-7,9-12,15-16,22H,3,8,13-14H2,1-2H3,(H,26,27)(H,28,30)/t16-,22-/m1/s1. The van der Waals surface area contributed by atoms with Crippen LogP contribution in [-0.2, 0) is 11.3 Å². The summed E-state index contributed by atoms with van der Waals surface area (Å²) in [6, 6.07) is 15.0. The van der Waals surface area contributed by atoms with Crippen LogP contribution in [0.25, 0.3) is 21.9 Å². The molecule has 2 aromatic carbocycles. The van der Waals surface area contributed by atoms with E-state index in [-0.39, 0.29) is 23.4 Å². The highest BCUT2D eigenvalue weighted by Gasteiger charge is 2.23. The summed E-state index contributed by atoms with van der Waals surface area (Å²) in [6.07, 6.45) is 3.35. The Kier molecular flexibility index (Phi) is 6.11. The van der Waals surface area contributed by atoms with Crippen LogP contribution in [0.2, 0.25) is 0 Å². The number of carbonyl (C=O) groups excluding carboxylic acids is 1. The number of benzene rings is 2. The maximum Gasteiger partial charge on any atom is 0.261 e. The number of carbonyl (C=O) groups is 1. The molecule has 2 atom stereocenters. The lowest BCUT2D eigenvalue weighted by Crippen LogP contribution is -2.33. The zero-order chi connectivity index (χ0) is 21.8. The number of H-pyrrole nitrogens is 1. The smallest absolute Gasteiger partial charge is 0.261 e. The summed E-state index contributed by atoms with van der Waals surface area (Å²) in [5, 5.41) is 3.73. The Morgan fingerprint density at radius 2 is 1.87 bits per heavy atom. The summed E-state index contributed by atoms with van der Waals surface area (Å²) in [4.78, 5) is 37.6. The molecule has 31 heavy (non-hydrogen) atoms. The normalized spacial score (nSPS) is 13.4. The van der Waals surface area contributed by atoms with E-state index in [9.17, 15) is 9.59 Å². The Balaban J connectivity index is 1.41. The summed E-state index contributed by atoms with van der Waals surface area (Å²) in [7, 11) is 0. The van der Waals surface area contributed by atoms with E-state index in [0.717, 1.165) is 23.3 Å². The number of nitrogens with one attached hydrogen (secondary N) is 2. The largest absolute Gasteiger partial charge is 0.346 e. The Labute approximate surface area is 180 Å². The number of nitrogens with zero attached hydrogens (tertiary/aromatic N) is 3. The lowest BCUT2D eigenvalue weighted by Gasteiger charge is -2.22. The van der Waals surface area contributed by atoms with Crippen LogP contribution < -0.4 is 10.9 Å². The summed E-state index contributed by atoms with van der Waals surface area (Å²) in [5.74, 6) is 0.961. The van der Waals surface area contributed by atoms with Crippen LogP contribution in [0, 0.1) is 5.92 Å². The van der Waals surface area contributed by atoms with Crippen molar-refractivity contribution in [3.63, 3.8) is 0 Å². The number of aryl methyl sites for hydroxylation is 1. The second-order valence-corrected chi connectivity index (χ2v) is 7.93. The van der Waals surface area contributed by atoms with Gasteiger partial charge in [-0.25, -0.2) is 9.97 Å². The molecule has 2 N–H and O–H groups in total. The van der Waals surface area contributed by atoms with Crippen molar-refractivity contribution in [1.29, 1.82) is 0 Å². The number of hydrogen-bond acceptors (Lipinski definition) is 4. The second-order valence-electron chi connectivity index (χ2n) is 7.93. The minimum absolute atomic E-state index is 0.0486. The van der Waals surface area contributed by atoms with Gasteiger partial charge in [-0.3, -0.25) is 14.2 Å². The molecule has 0 saturated carbocycles. The van der Waals surface area contributed by atoms with E-state index >= 15 is 0 Å². The summed E-state index contributed by atoms with van der Waals surface area (Å²) >= 11 is 0. The van der Waals surface area contributed by atoms with E-state index in [4.69, 9.17) is 0 Å². The van der Waals surface area contributed by atoms with Gasteiger partial charge in [0.2, 0.25) is 5.91 Å². The molecule has 0 bridgehead atoms. The zero-order valence-electron chi connectivity index (χ0n) is 17.8. The molecule has 0 radical (unpaired) electrons. The van der Waals surface area contributed by atoms with Crippen molar-refractivity contribution in [3.8, 4) is 0 Å². The quantitative estimate of drug-likeness (QED) is 0.454. The van der Waals surface area contributed by atoms with Gasteiger partial charge in [0.25, 0.3) is 5.56 Å². The molecule has 0 aliphatic carbocycles. The molecule has 4 rings (SSSR count). The zero-order valence-corrected chi connectivity index (χ0v) is 17.8. The lowest BCUT2D eigenvalue weighted by molar-refractivity contribution is -0.122. The number of fused-ring (bicyclic) bond motifs is 2. The number of hydrogen-bond donors (Lipinski definition) is 2. The topological polar surface area (TPSA) is 92.7 Å². The first-order valence-electron chi connectivity index (χ1n) is 10.7. The van der Waals surface area contributed by atoms with Gasteiger partial charge in [-0.05, 0) is 36.6 Å². The Morgan fingerprint density at radius 3 is 2.65 bits per heavy atom. The lowest BCUT2D eigenvalue weighted by atomic mass is 9.98. The predicted molar refractivity (Wildman–Crippen MR) is 122 cm³/mol. The highest BCUT2D eigenvalue weighted by atomic mass is 16.1. The van der Waals surface area contributed by atoms with Gasteiger partial charge < -0.3 is 10.3 Å². The maximum absolute atomic E-state index is 12.7. The molecule has 2 aromatic heterocycles. The molecule has 0 spiro atoms. The van der Waals surface area contributed by atoms with E-state index in [0.29, 0.717) is 30.3 Å². The first kappa shape index (κ1) is 20.8. The van der Waals surface area contributed by atoms with Gasteiger partial charge in [0.1, 0.15) is 5.82 Å². The molecule has 7 nitrogen and oxygen atoms in total. The van der Waals surface area contributed by atoms with Crippen molar-refractivity contribution >= 4 is 27.8 Å². The van der Waals surface area contributed by atoms with Crippen LogP contribution in [0.15, 0.2) is 59.7 Å². The SMILES string of the molecule is CC[C@@H](C)[C@@H](NC(=O)CCCn1cnc2ccccc2c1=O)c1nc2ccccc2[nH]1. The van der Waals surface area contributed by atoms with Gasteiger partial charge in [-0.2, -0.15) is 0 Å². The maximum atomic E-state index is 12.7. The molecule has 0 unspecified atom stereocenters. The van der Waals surface area contributed by atoms with Crippen molar-refractivity contribution in [2.45, 2.75) is 45.7 Å². The number of para-hydroxylation sites is 3. The van der Waals surface area contributed by atoms with Crippen LogP contribution in [-0.4, -0.2) is 25.4 Å². The molecular formula is C24H27N5O2. The molecular weight excluding hydrogens is 390 g/mol. The van der Waals surface area contributed by atoms with Gasteiger partial charge >= 0.3 is 0 Å². The number of imidazole rings is 1. The average Bonchev–Trinajstić information content (AvgIpc) is 3.22. The monoisotopic (exact) mass is 417 g/mol. The minimum atomic E-state index is -0.185. The van der Waals surface area contributed by atoms with Gasteiger partial charge in [0, 0.05) is 13.0 Å². The van der Waals surface area contributed by atoms with Gasteiger partial charge in [0.05, 0.1) is 34.3 Å².